The highest BCUT2D eigenvalue weighted by Gasteiger charge is 2.17. The van der Waals surface area contributed by atoms with E-state index >= 15 is 0 Å². The maximum absolute atomic E-state index is 12.0. The predicted molar refractivity (Wildman–Crippen MR) is 119 cm³/mol. The van der Waals surface area contributed by atoms with E-state index in [9.17, 15) is 15.2 Å². The standard InChI is InChI=1S/C25H16N4O3/c26-14-16-6-7-18-13-23(24(30)31)29(22(18)10-16)15-19-12-20(32-25-27-8-3-9-28-25)11-17-4-1-2-5-21(17)19/h1-13H,15H2,(H,30,31). The van der Waals surface area contributed by atoms with E-state index in [1.165, 1.54) is 0 Å². The van der Waals surface area contributed by atoms with Gasteiger partial charge in [-0.1, -0.05) is 30.3 Å². The zero-order valence-electron chi connectivity index (χ0n) is 16.8. The van der Waals surface area contributed by atoms with Crippen LogP contribution in [0.3, 0.4) is 0 Å². The van der Waals surface area contributed by atoms with Crippen LogP contribution in [-0.2, 0) is 6.54 Å². The van der Waals surface area contributed by atoms with Crippen molar-refractivity contribution in [3.8, 4) is 17.8 Å². The lowest BCUT2D eigenvalue weighted by Gasteiger charge is -2.14. The van der Waals surface area contributed by atoms with E-state index in [0.29, 0.717) is 16.8 Å². The van der Waals surface area contributed by atoms with Gasteiger partial charge in [0.15, 0.2) is 0 Å². The van der Waals surface area contributed by atoms with Gasteiger partial charge in [0.2, 0.25) is 0 Å². The molecule has 0 amide bonds. The second-order valence-corrected chi connectivity index (χ2v) is 7.24. The average Bonchev–Trinajstić information content (AvgIpc) is 3.17. The minimum atomic E-state index is -1.03. The summed E-state index contributed by atoms with van der Waals surface area (Å²) in [6.45, 7) is 0.285. The molecule has 0 aliphatic carbocycles. The molecule has 0 radical (unpaired) electrons. The van der Waals surface area contributed by atoms with Crippen molar-refractivity contribution in [2.75, 3.05) is 0 Å². The van der Waals surface area contributed by atoms with Gasteiger partial charge in [-0.15, -0.1) is 0 Å². The van der Waals surface area contributed by atoms with E-state index < -0.39 is 5.97 Å². The van der Waals surface area contributed by atoms with Gasteiger partial charge >= 0.3 is 12.0 Å². The van der Waals surface area contributed by atoms with E-state index in [1.807, 2.05) is 36.4 Å². The summed E-state index contributed by atoms with van der Waals surface area (Å²) in [7, 11) is 0. The third kappa shape index (κ3) is 3.50. The number of carboxylic acids is 1. The third-order valence-electron chi connectivity index (χ3n) is 5.25. The van der Waals surface area contributed by atoms with Gasteiger partial charge < -0.3 is 14.4 Å². The highest BCUT2D eigenvalue weighted by molar-refractivity contribution is 5.95. The van der Waals surface area contributed by atoms with Crippen LogP contribution in [0.5, 0.6) is 11.8 Å². The van der Waals surface area contributed by atoms with Crippen molar-refractivity contribution in [2.24, 2.45) is 0 Å². The Morgan fingerprint density at radius 1 is 1.00 bits per heavy atom. The van der Waals surface area contributed by atoms with E-state index in [1.54, 1.807) is 47.3 Å². The minimum Gasteiger partial charge on any atom is -0.477 e. The number of hydrogen-bond donors (Lipinski definition) is 1. The van der Waals surface area contributed by atoms with Crippen LogP contribution in [0.1, 0.15) is 21.6 Å². The molecule has 0 aliphatic rings. The molecule has 0 bridgehead atoms. The molecule has 5 aromatic rings. The first kappa shape index (κ1) is 19.3. The van der Waals surface area contributed by atoms with Crippen LogP contribution in [0, 0.1) is 11.3 Å². The Bertz CT molecular complexity index is 1520. The molecule has 7 heteroatoms. The van der Waals surface area contributed by atoms with Gasteiger partial charge in [0.25, 0.3) is 0 Å². The molecule has 7 nitrogen and oxygen atoms in total. The van der Waals surface area contributed by atoms with Crippen molar-refractivity contribution < 1.29 is 14.6 Å². The second-order valence-electron chi connectivity index (χ2n) is 7.24. The molecule has 2 heterocycles. The van der Waals surface area contributed by atoms with Crippen molar-refractivity contribution in [1.82, 2.24) is 14.5 Å². The normalized spacial score (nSPS) is 10.8. The molecule has 0 fully saturated rings. The van der Waals surface area contributed by atoms with E-state index in [4.69, 9.17) is 4.74 Å². The molecular weight excluding hydrogens is 404 g/mol. The molecule has 0 saturated carbocycles. The van der Waals surface area contributed by atoms with Gasteiger partial charge in [0.05, 0.1) is 17.1 Å². The monoisotopic (exact) mass is 420 g/mol. The Balaban J connectivity index is 1.67. The van der Waals surface area contributed by atoms with Crippen molar-refractivity contribution in [1.29, 1.82) is 5.26 Å². The molecule has 0 spiro atoms. The van der Waals surface area contributed by atoms with Crippen LogP contribution in [0.2, 0.25) is 0 Å². The number of aromatic nitrogens is 3. The SMILES string of the molecule is N#Cc1ccc2cc(C(=O)O)n(Cc3cc(Oc4ncccn4)cc4ccccc34)c2c1. The number of carboxylic acid groups (broad SMARTS) is 1. The fourth-order valence-electron chi connectivity index (χ4n) is 3.83. The maximum Gasteiger partial charge on any atom is 0.352 e. The fourth-order valence-corrected chi connectivity index (χ4v) is 3.83. The lowest BCUT2D eigenvalue weighted by atomic mass is 10.0. The molecule has 0 unspecified atom stereocenters. The lowest BCUT2D eigenvalue weighted by molar-refractivity contribution is 0.0686. The second kappa shape index (κ2) is 7.85. The van der Waals surface area contributed by atoms with Crippen LogP contribution >= 0.6 is 0 Å². The summed E-state index contributed by atoms with van der Waals surface area (Å²) in [4.78, 5) is 20.2. The number of aromatic carboxylic acids is 1. The zero-order chi connectivity index (χ0) is 22.1. The highest BCUT2D eigenvalue weighted by atomic mass is 16.5. The van der Waals surface area contributed by atoms with Crippen molar-refractivity contribution in [3.05, 3.63) is 95.9 Å². The molecule has 32 heavy (non-hydrogen) atoms. The summed E-state index contributed by atoms with van der Waals surface area (Å²) < 4.78 is 7.57. The molecule has 0 atom stereocenters. The first-order chi connectivity index (χ1) is 15.6. The molecule has 3 aromatic carbocycles. The lowest BCUT2D eigenvalue weighted by Crippen LogP contribution is -2.10. The van der Waals surface area contributed by atoms with Crippen molar-refractivity contribution in [2.45, 2.75) is 6.54 Å². The van der Waals surface area contributed by atoms with Crippen molar-refractivity contribution >= 4 is 27.6 Å². The van der Waals surface area contributed by atoms with Gasteiger partial charge in [-0.3, -0.25) is 0 Å². The third-order valence-corrected chi connectivity index (χ3v) is 5.25. The van der Waals surface area contributed by atoms with E-state index in [-0.39, 0.29) is 18.2 Å². The number of rotatable bonds is 5. The molecule has 0 aliphatic heterocycles. The number of benzene rings is 3. The predicted octanol–water partition coefficient (Wildman–Crippen LogP) is 4.99. The summed E-state index contributed by atoms with van der Waals surface area (Å²) >= 11 is 0. The molecule has 1 N–H and O–H groups in total. The fraction of sp³-hybridized carbons (Fsp3) is 0.0400. The van der Waals surface area contributed by atoms with Crippen LogP contribution in [-0.4, -0.2) is 25.6 Å². The van der Waals surface area contributed by atoms with Gasteiger partial charge in [0, 0.05) is 24.3 Å². The van der Waals surface area contributed by atoms with E-state index in [2.05, 4.69) is 16.0 Å². The molecule has 2 aromatic heterocycles. The van der Waals surface area contributed by atoms with Gasteiger partial charge in [-0.25, -0.2) is 14.8 Å². The summed E-state index contributed by atoms with van der Waals surface area (Å²) in [5.41, 5.74) is 2.17. The Kier molecular flexibility index (Phi) is 4.73. The molecular formula is C25H16N4O3. The first-order valence-electron chi connectivity index (χ1n) is 9.85. The Morgan fingerprint density at radius 3 is 2.59 bits per heavy atom. The minimum absolute atomic E-state index is 0.150. The van der Waals surface area contributed by atoms with Gasteiger partial charge in [-0.05, 0) is 52.7 Å². The first-order valence-corrected chi connectivity index (χ1v) is 9.85. The smallest absolute Gasteiger partial charge is 0.352 e. The Morgan fingerprint density at radius 2 is 1.81 bits per heavy atom. The summed E-state index contributed by atoms with van der Waals surface area (Å²) in [5, 5.41) is 21.8. The van der Waals surface area contributed by atoms with Crippen LogP contribution in [0.15, 0.2) is 79.1 Å². The number of nitrogens with zero attached hydrogens (tertiary/aromatic N) is 4. The number of carbonyl (C=O) groups is 1. The Hall–Kier alpha value is -4.70. The molecule has 154 valence electrons. The highest BCUT2D eigenvalue weighted by Crippen LogP contribution is 2.30. The van der Waals surface area contributed by atoms with Crippen molar-refractivity contribution in [3.63, 3.8) is 0 Å². The number of ether oxygens (including phenoxy) is 1. The average molecular weight is 420 g/mol. The molecule has 0 saturated heterocycles. The quantitative estimate of drug-likeness (QED) is 0.430. The Labute approximate surface area is 182 Å². The topological polar surface area (TPSA) is 101 Å². The van der Waals surface area contributed by atoms with Crippen LogP contribution in [0.25, 0.3) is 21.7 Å². The molecule has 5 rings (SSSR count). The number of nitriles is 1. The van der Waals surface area contributed by atoms with Crippen LogP contribution in [0.4, 0.5) is 0 Å². The zero-order valence-corrected chi connectivity index (χ0v) is 16.8. The summed E-state index contributed by atoms with van der Waals surface area (Å²) in [5.74, 6) is -0.481. The summed E-state index contributed by atoms with van der Waals surface area (Å²) in [6.07, 6.45) is 3.20. The number of hydrogen-bond acceptors (Lipinski definition) is 5. The summed E-state index contributed by atoms with van der Waals surface area (Å²) in [6, 6.07) is 22.4. The maximum atomic E-state index is 12.0. The number of fused-ring (bicyclic) bond motifs is 2. The van der Waals surface area contributed by atoms with Crippen LogP contribution < -0.4 is 4.74 Å². The largest absolute Gasteiger partial charge is 0.477 e. The van der Waals surface area contributed by atoms with Gasteiger partial charge in [-0.2, -0.15) is 5.26 Å². The van der Waals surface area contributed by atoms with Gasteiger partial charge in [0.1, 0.15) is 11.4 Å². The van der Waals surface area contributed by atoms with E-state index in [0.717, 1.165) is 21.7 Å².